The molecule has 0 atom stereocenters. The minimum Gasteiger partial charge on any atom is -0.447 e. The van der Waals surface area contributed by atoms with E-state index >= 15 is 0 Å². The van der Waals surface area contributed by atoms with Crippen LogP contribution in [0.5, 0.6) is 0 Å². The fourth-order valence-corrected chi connectivity index (χ4v) is 1.73. The zero-order valence-electron chi connectivity index (χ0n) is 7.29. The molecule has 0 spiro atoms. The van der Waals surface area contributed by atoms with Gasteiger partial charge in [-0.2, -0.15) is 0 Å². The Bertz CT molecular complexity index is 165. The molecule has 1 heterocycles. The number of hydrogen-bond acceptors (Lipinski definition) is 3. The highest BCUT2D eigenvalue weighted by Crippen LogP contribution is 2.20. The van der Waals surface area contributed by atoms with Gasteiger partial charge < -0.3 is 9.47 Å². The van der Waals surface area contributed by atoms with Crippen molar-refractivity contribution in [3.05, 3.63) is 0 Å². The van der Waals surface area contributed by atoms with Crippen molar-refractivity contribution in [2.24, 2.45) is 4.99 Å². The molecule has 0 radical (unpaired) electrons. The Hall–Kier alpha value is -0.730. The molecular weight excluding hydrogens is 154 g/mol. The Labute approximate surface area is 72.8 Å². The van der Waals surface area contributed by atoms with Crippen LogP contribution in [0.25, 0.3) is 0 Å². The van der Waals surface area contributed by atoms with Gasteiger partial charge in [-0.3, -0.25) is 0 Å². The summed E-state index contributed by atoms with van der Waals surface area (Å²) in [6.45, 7) is 1.34. The second kappa shape index (κ2) is 3.78. The molecule has 1 saturated carbocycles. The Morgan fingerprint density at radius 3 is 2.33 bits per heavy atom. The predicted octanol–water partition coefficient (Wildman–Crippen LogP) is 1.72. The quantitative estimate of drug-likeness (QED) is 0.598. The smallest absolute Gasteiger partial charge is 0.383 e. The molecule has 1 aliphatic heterocycles. The molecule has 2 rings (SSSR count). The Morgan fingerprint density at radius 1 is 1.00 bits per heavy atom. The van der Waals surface area contributed by atoms with E-state index in [9.17, 15) is 0 Å². The van der Waals surface area contributed by atoms with Crippen LogP contribution in [0.4, 0.5) is 0 Å². The van der Waals surface area contributed by atoms with Crippen LogP contribution in [0.2, 0.25) is 0 Å². The van der Waals surface area contributed by atoms with E-state index in [2.05, 4.69) is 4.99 Å². The number of aliphatic imine (C=N–C) groups is 1. The molecular formula is C9H15NO2. The van der Waals surface area contributed by atoms with Crippen LogP contribution < -0.4 is 0 Å². The zero-order valence-corrected chi connectivity index (χ0v) is 7.29. The van der Waals surface area contributed by atoms with Crippen molar-refractivity contribution in [2.75, 3.05) is 13.2 Å². The lowest BCUT2D eigenvalue weighted by molar-refractivity contribution is 0.321. The van der Waals surface area contributed by atoms with Gasteiger partial charge >= 0.3 is 6.08 Å². The van der Waals surface area contributed by atoms with Crippen LogP contribution in [-0.4, -0.2) is 25.3 Å². The van der Waals surface area contributed by atoms with Crippen LogP contribution in [-0.2, 0) is 9.47 Å². The largest absolute Gasteiger partial charge is 0.447 e. The molecule has 3 heteroatoms. The van der Waals surface area contributed by atoms with Gasteiger partial charge in [-0.25, -0.2) is 4.99 Å². The summed E-state index contributed by atoms with van der Waals surface area (Å²) < 4.78 is 10.4. The molecule has 3 nitrogen and oxygen atoms in total. The standard InChI is InChI=1S/C9H15NO2/c1-2-4-8(5-3-1)10-9-11-6-7-12-9/h8H,1-7H2. The van der Waals surface area contributed by atoms with Crippen molar-refractivity contribution < 1.29 is 9.47 Å². The highest BCUT2D eigenvalue weighted by molar-refractivity contribution is 5.68. The summed E-state index contributed by atoms with van der Waals surface area (Å²) in [5, 5.41) is 0. The third kappa shape index (κ3) is 1.90. The van der Waals surface area contributed by atoms with E-state index in [0.29, 0.717) is 25.3 Å². The molecule has 0 amide bonds. The summed E-state index contributed by atoms with van der Waals surface area (Å²) >= 11 is 0. The number of hydrogen-bond donors (Lipinski definition) is 0. The van der Waals surface area contributed by atoms with E-state index in [4.69, 9.17) is 9.47 Å². The summed E-state index contributed by atoms with van der Waals surface area (Å²) in [6.07, 6.45) is 6.92. The van der Waals surface area contributed by atoms with Gasteiger partial charge in [0.05, 0.1) is 6.04 Å². The maximum atomic E-state index is 5.18. The molecule has 0 aromatic carbocycles. The molecule has 0 unspecified atom stereocenters. The maximum Gasteiger partial charge on any atom is 0.383 e. The van der Waals surface area contributed by atoms with Crippen LogP contribution in [0, 0.1) is 0 Å². The Balaban J connectivity index is 1.86. The summed E-state index contributed by atoms with van der Waals surface area (Å²) in [4.78, 5) is 4.41. The minimum absolute atomic E-state index is 0.465. The normalized spacial score (nSPS) is 24.8. The van der Waals surface area contributed by atoms with Crippen molar-refractivity contribution in [2.45, 2.75) is 38.1 Å². The molecule has 1 saturated heterocycles. The van der Waals surface area contributed by atoms with Gasteiger partial charge in [0, 0.05) is 0 Å². The molecule has 2 fully saturated rings. The first kappa shape index (κ1) is 7.90. The number of rotatable bonds is 1. The molecule has 68 valence electrons. The van der Waals surface area contributed by atoms with Gasteiger partial charge in [-0.05, 0) is 12.8 Å². The fraction of sp³-hybridized carbons (Fsp3) is 0.889. The van der Waals surface area contributed by atoms with Gasteiger partial charge in [-0.15, -0.1) is 0 Å². The first-order valence-electron chi connectivity index (χ1n) is 4.78. The van der Waals surface area contributed by atoms with Crippen LogP contribution in [0.1, 0.15) is 32.1 Å². The molecule has 1 aliphatic carbocycles. The third-order valence-electron chi connectivity index (χ3n) is 2.40. The number of ether oxygens (including phenoxy) is 2. The van der Waals surface area contributed by atoms with Gasteiger partial charge in [0.15, 0.2) is 0 Å². The monoisotopic (exact) mass is 169 g/mol. The van der Waals surface area contributed by atoms with Crippen LogP contribution in [0.15, 0.2) is 4.99 Å². The first-order chi connectivity index (χ1) is 5.95. The van der Waals surface area contributed by atoms with Crippen molar-refractivity contribution in [3.63, 3.8) is 0 Å². The third-order valence-corrected chi connectivity index (χ3v) is 2.40. The fourth-order valence-electron chi connectivity index (χ4n) is 1.73. The molecule has 0 aromatic rings. The van der Waals surface area contributed by atoms with Crippen molar-refractivity contribution in [3.8, 4) is 0 Å². The van der Waals surface area contributed by atoms with Gasteiger partial charge in [0.1, 0.15) is 13.2 Å². The zero-order chi connectivity index (χ0) is 8.23. The summed E-state index contributed by atoms with van der Waals surface area (Å²) in [5.41, 5.74) is 0. The van der Waals surface area contributed by atoms with Gasteiger partial charge in [-0.1, -0.05) is 19.3 Å². The molecule has 12 heavy (non-hydrogen) atoms. The number of nitrogens with zero attached hydrogens (tertiary/aromatic N) is 1. The van der Waals surface area contributed by atoms with Crippen molar-refractivity contribution in [1.82, 2.24) is 0 Å². The minimum atomic E-state index is 0.465. The Kier molecular flexibility index (Phi) is 2.49. The first-order valence-corrected chi connectivity index (χ1v) is 4.78. The van der Waals surface area contributed by atoms with E-state index in [1.54, 1.807) is 0 Å². The second-order valence-corrected chi connectivity index (χ2v) is 3.38. The Morgan fingerprint density at radius 2 is 1.67 bits per heavy atom. The van der Waals surface area contributed by atoms with Gasteiger partial charge in [0.25, 0.3) is 0 Å². The topological polar surface area (TPSA) is 30.8 Å². The molecule has 2 aliphatic rings. The van der Waals surface area contributed by atoms with E-state index in [-0.39, 0.29) is 0 Å². The van der Waals surface area contributed by atoms with Crippen molar-refractivity contribution in [1.29, 1.82) is 0 Å². The van der Waals surface area contributed by atoms with E-state index in [1.807, 2.05) is 0 Å². The SMILES string of the molecule is C1CCC(N=C2OCCO2)CC1. The summed E-state index contributed by atoms with van der Waals surface area (Å²) in [7, 11) is 0. The van der Waals surface area contributed by atoms with Gasteiger partial charge in [0.2, 0.25) is 0 Å². The molecule has 0 bridgehead atoms. The summed E-state index contributed by atoms with van der Waals surface area (Å²) in [5.74, 6) is 0. The lowest BCUT2D eigenvalue weighted by Gasteiger charge is -2.17. The molecule has 0 N–H and O–H groups in total. The lowest BCUT2D eigenvalue weighted by Crippen LogP contribution is -2.13. The van der Waals surface area contributed by atoms with E-state index in [1.165, 1.54) is 32.1 Å². The average molecular weight is 169 g/mol. The highest BCUT2D eigenvalue weighted by Gasteiger charge is 2.16. The lowest BCUT2D eigenvalue weighted by atomic mass is 9.96. The van der Waals surface area contributed by atoms with Crippen molar-refractivity contribution >= 4 is 6.08 Å². The van der Waals surface area contributed by atoms with E-state index < -0.39 is 0 Å². The van der Waals surface area contributed by atoms with E-state index in [0.717, 1.165) is 0 Å². The molecule has 0 aromatic heterocycles. The highest BCUT2D eigenvalue weighted by atomic mass is 16.7. The summed E-state index contributed by atoms with van der Waals surface area (Å²) in [6, 6.07) is 0.465. The maximum absolute atomic E-state index is 5.18. The van der Waals surface area contributed by atoms with Crippen LogP contribution in [0.3, 0.4) is 0 Å². The predicted molar refractivity (Wildman–Crippen MR) is 46.2 cm³/mol. The average Bonchev–Trinajstić information content (AvgIpc) is 2.59. The second-order valence-electron chi connectivity index (χ2n) is 3.38. The van der Waals surface area contributed by atoms with Crippen LogP contribution >= 0.6 is 0 Å².